The number of amides is 1. The minimum absolute atomic E-state index is 0.273. The first-order chi connectivity index (χ1) is 13.2. The van der Waals surface area contributed by atoms with Gasteiger partial charge in [0.15, 0.2) is 0 Å². The molecule has 0 unspecified atom stereocenters. The number of furan rings is 1. The normalized spacial score (nSPS) is 10.4. The summed E-state index contributed by atoms with van der Waals surface area (Å²) >= 11 is 0. The van der Waals surface area contributed by atoms with E-state index in [2.05, 4.69) is 20.6 Å². The summed E-state index contributed by atoms with van der Waals surface area (Å²) in [6.07, 6.45) is 2.32. The molecule has 0 saturated carbocycles. The Kier molecular flexibility index (Phi) is 6.04. The van der Waals surface area contributed by atoms with E-state index in [1.165, 1.54) is 0 Å². The van der Waals surface area contributed by atoms with E-state index in [-0.39, 0.29) is 5.91 Å². The van der Waals surface area contributed by atoms with E-state index in [4.69, 9.17) is 9.15 Å². The molecule has 140 valence electrons. The summed E-state index contributed by atoms with van der Waals surface area (Å²) in [4.78, 5) is 21.0. The van der Waals surface area contributed by atoms with Gasteiger partial charge in [-0.05, 0) is 43.2 Å². The molecule has 0 aliphatic heterocycles. The van der Waals surface area contributed by atoms with Crippen LogP contribution in [0.5, 0.6) is 5.75 Å². The predicted octanol–water partition coefficient (Wildman–Crippen LogP) is 2.97. The van der Waals surface area contributed by atoms with Crippen molar-refractivity contribution in [2.75, 3.05) is 19.0 Å². The summed E-state index contributed by atoms with van der Waals surface area (Å²) in [5, 5.41) is 5.96. The minimum atomic E-state index is -0.273. The molecule has 0 radical (unpaired) electrons. The number of anilines is 1. The van der Waals surface area contributed by atoms with E-state index in [9.17, 15) is 4.79 Å². The summed E-state index contributed by atoms with van der Waals surface area (Å²) in [7, 11) is 1.66. The molecule has 0 atom stereocenters. The number of rotatable bonds is 8. The van der Waals surface area contributed by atoms with Gasteiger partial charge >= 0.3 is 0 Å². The third-order valence-corrected chi connectivity index (χ3v) is 3.96. The van der Waals surface area contributed by atoms with E-state index in [1.807, 2.05) is 31.2 Å². The summed E-state index contributed by atoms with van der Waals surface area (Å²) in [6.45, 7) is 2.76. The first-order valence-electron chi connectivity index (χ1n) is 8.68. The highest BCUT2D eigenvalue weighted by atomic mass is 16.5. The average molecular weight is 366 g/mol. The highest BCUT2D eigenvalue weighted by Crippen LogP contribution is 2.17. The molecule has 0 aliphatic carbocycles. The largest absolute Gasteiger partial charge is 0.496 e. The number of nitrogens with zero attached hydrogens (tertiary/aromatic N) is 2. The van der Waals surface area contributed by atoms with Gasteiger partial charge in [-0.2, -0.15) is 0 Å². The molecule has 7 nitrogen and oxygen atoms in total. The van der Waals surface area contributed by atoms with Gasteiger partial charge in [-0.15, -0.1) is 0 Å². The molecular weight excluding hydrogens is 344 g/mol. The third kappa shape index (κ3) is 5.07. The van der Waals surface area contributed by atoms with Crippen LogP contribution in [0.4, 0.5) is 5.95 Å². The zero-order chi connectivity index (χ0) is 19.1. The van der Waals surface area contributed by atoms with Gasteiger partial charge in [-0.1, -0.05) is 18.2 Å². The van der Waals surface area contributed by atoms with Crippen molar-refractivity contribution in [3.05, 3.63) is 71.4 Å². The van der Waals surface area contributed by atoms with Gasteiger partial charge in [-0.3, -0.25) is 4.79 Å². The molecule has 0 bridgehead atoms. The fraction of sp³-hybridized carbons (Fsp3) is 0.250. The maximum Gasteiger partial charge on any atom is 0.270 e. The Morgan fingerprint density at radius 1 is 1.19 bits per heavy atom. The monoisotopic (exact) mass is 366 g/mol. The van der Waals surface area contributed by atoms with E-state index in [0.29, 0.717) is 36.2 Å². The lowest BCUT2D eigenvalue weighted by Crippen LogP contribution is -2.24. The number of nitrogens with one attached hydrogen (secondary N) is 2. The van der Waals surface area contributed by atoms with Crippen molar-refractivity contribution < 1.29 is 13.9 Å². The zero-order valence-electron chi connectivity index (χ0n) is 15.4. The smallest absolute Gasteiger partial charge is 0.270 e. The van der Waals surface area contributed by atoms with Gasteiger partial charge in [0.05, 0.1) is 19.9 Å². The van der Waals surface area contributed by atoms with Crippen LogP contribution in [0.1, 0.15) is 27.5 Å². The second-order valence-corrected chi connectivity index (χ2v) is 5.97. The second-order valence-electron chi connectivity index (χ2n) is 5.97. The van der Waals surface area contributed by atoms with Crippen LogP contribution in [0, 0.1) is 6.92 Å². The first-order valence-corrected chi connectivity index (χ1v) is 8.68. The maximum atomic E-state index is 12.3. The van der Waals surface area contributed by atoms with Gasteiger partial charge < -0.3 is 19.8 Å². The predicted molar refractivity (Wildman–Crippen MR) is 102 cm³/mol. The van der Waals surface area contributed by atoms with Gasteiger partial charge in [0, 0.05) is 12.2 Å². The highest BCUT2D eigenvalue weighted by Gasteiger charge is 2.11. The van der Waals surface area contributed by atoms with Gasteiger partial charge in [-0.25, -0.2) is 9.97 Å². The molecular formula is C20H22N4O3. The van der Waals surface area contributed by atoms with E-state index >= 15 is 0 Å². The lowest BCUT2D eigenvalue weighted by molar-refractivity contribution is 0.0943. The molecule has 0 aliphatic rings. The molecule has 0 fully saturated rings. The van der Waals surface area contributed by atoms with Crippen molar-refractivity contribution in [1.29, 1.82) is 0 Å². The molecule has 3 aromatic rings. The van der Waals surface area contributed by atoms with Crippen molar-refractivity contribution in [3.63, 3.8) is 0 Å². The van der Waals surface area contributed by atoms with Crippen LogP contribution < -0.4 is 15.4 Å². The van der Waals surface area contributed by atoms with Crippen molar-refractivity contribution >= 4 is 11.9 Å². The minimum Gasteiger partial charge on any atom is -0.496 e. The number of hydrogen-bond donors (Lipinski definition) is 2. The Hall–Kier alpha value is -3.35. The van der Waals surface area contributed by atoms with Gasteiger partial charge in [0.1, 0.15) is 17.2 Å². The average Bonchev–Trinajstić information content (AvgIpc) is 3.19. The van der Waals surface area contributed by atoms with E-state index in [1.54, 1.807) is 31.6 Å². The van der Waals surface area contributed by atoms with Crippen LogP contribution in [-0.2, 0) is 13.0 Å². The molecule has 1 aromatic carbocycles. The van der Waals surface area contributed by atoms with Gasteiger partial charge in [0.25, 0.3) is 5.91 Å². The summed E-state index contributed by atoms with van der Waals surface area (Å²) in [5.41, 5.74) is 2.12. The van der Waals surface area contributed by atoms with Crippen molar-refractivity contribution in [2.24, 2.45) is 0 Å². The zero-order valence-corrected chi connectivity index (χ0v) is 15.4. The van der Waals surface area contributed by atoms with Crippen LogP contribution in [0.15, 0.2) is 53.1 Å². The Morgan fingerprint density at radius 2 is 2.04 bits per heavy atom. The number of methoxy groups -OCH3 is 1. The van der Waals surface area contributed by atoms with Crippen LogP contribution in [0.2, 0.25) is 0 Å². The summed E-state index contributed by atoms with van der Waals surface area (Å²) in [5.74, 6) is 1.68. The molecule has 0 saturated heterocycles. The Morgan fingerprint density at radius 3 is 2.81 bits per heavy atom. The molecule has 27 heavy (non-hydrogen) atoms. The number of carbonyl (C=O) groups excluding carboxylic acids is 1. The number of para-hydroxylation sites is 1. The van der Waals surface area contributed by atoms with Crippen LogP contribution in [-0.4, -0.2) is 29.5 Å². The lowest BCUT2D eigenvalue weighted by Gasteiger charge is -2.10. The molecule has 7 heteroatoms. The molecule has 2 N–H and O–H groups in total. The molecule has 1 amide bonds. The Bertz CT molecular complexity index is 894. The second kappa shape index (κ2) is 8.84. The number of ether oxygens (including phenoxy) is 1. The molecule has 3 rings (SSSR count). The highest BCUT2D eigenvalue weighted by molar-refractivity contribution is 5.92. The number of hydrogen-bond acceptors (Lipinski definition) is 6. The number of aromatic nitrogens is 2. The summed E-state index contributed by atoms with van der Waals surface area (Å²) < 4.78 is 10.6. The van der Waals surface area contributed by atoms with Crippen molar-refractivity contribution in [2.45, 2.75) is 19.9 Å². The first kappa shape index (κ1) is 18.4. The van der Waals surface area contributed by atoms with Crippen molar-refractivity contribution in [1.82, 2.24) is 15.3 Å². The van der Waals surface area contributed by atoms with E-state index < -0.39 is 0 Å². The SMILES string of the molecule is COc1ccccc1CCNc1nc(C)cc(C(=O)NCc2ccco2)n1. The fourth-order valence-electron chi connectivity index (χ4n) is 2.65. The summed E-state index contributed by atoms with van der Waals surface area (Å²) in [6, 6.07) is 13.1. The third-order valence-electron chi connectivity index (χ3n) is 3.96. The maximum absolute atomic E-state index is 12.3. The molecule has 2 heterocycles. The standard InChI is InChI=1S/C20H22N4O3/c1-14-12-17(19(25)22-13-16-7-5-11-27-16)24-20(23-14)21-10-9-15-6-3-4-8-18(15)26-2/h3-8,11-12H,9-10,13H2,1-2H3,(H,22,25)(H,21,23,24). The lowest BCUT2D eigenvalue weighted by atomic mass is 10.1. The number of benzene rings is 1. The van der Waals surface area contributed by atoms with E-state index in [0.717, 1.165) is 17.7 Å². The van der Waals surface area contributed by atoms with Gasteiger partial charge in [0.2, 0.25) is 5.95 Å². The molecule has 2 aromatic heterocycles. The Labute approximate surface area is 157 Å². The van der Waals surface area contributed by atoms with Crippen LogP contribution in [0.3, 0.4) is 0 Å². The number of aryl methyl sites for hydroxylation is 1. The fourth-order valence-corrected chi connectivity index (χ4v) is 2.65. The Balaban J connectivity index is 1.60. The van der Waals surface area contributed by atoms with Crippen LogP contribution >= 0.6 is 0 Å². The molecule has 0 spiro atoms. The topological polar surface area (TPSA) is 89.3 Å². The number of carbonyl (C=O) groups is 1. The quantitative estimate of drug-likeness (QED) is 0.637. The van der Waals surface area contributed by atoms with Crippen molar-refractivity contribution in [3.8, 4) is 5.75 Å². The van der Waals surface area contributed by atoms with Crippen LogP contribution in [0.25, 0.3) is 0 Å².